The lowest BCUT2D eigenvalue weighted by Crippen LogP contribution is -2.33. The van der Waals surface area contributed by atoms with Gasteiger partial charge in [0.1, 0.15) is 11.5 Å². The molecule has 3 nitrogen and oxygen atoms in total. The van der Waals surface area contributed by atoms with Crippen LogP contribution in [0.1, 0.15) is 24.5 Å². The van der Waals surface area contributed by atoms with Crippen LogP contribution in [-0.2, 0) is 12.8 Å². The number of nitrogens with zero attached hydrogens (tertiary/aromatic N) is 1. The van der Waals surface area contributed by atoms with E-state index in [2.05, 4.69) is 11.8 Å². The highest BCUT2D eigenvalue weighted by atomic mass is 16.3. The van der Waals surface area contributed by atoms with Crippen LogP contribution >= 0.6 is 0 Å². The fourth-order valence-electron chi connectivity index (χ4n) is 3.24. The molecular weight excluding hydrogens is 214 g/mol. The molecular formula is C14H19NO2. The van der Waals surface area contributed by atoms with Gasteiger partial charge < -0.3 is 10.2 Å². The molecule has 0 bridgehead atoms. The van der Waals surface area contributed by atoms with Gasteiger partial charge in [-0.05, 0) is 48.9 Å². The van der Waals surface area contributed by atoms with Crippen LogP contribution in [0.25, 0.3) is 0 Å². The van der Waals surface area contributed by atoms with Crippen LogP contribution in [0, 0.1) is 5.92 Å². The zero-order valence-electron chi connectivity index (χ0n) is 10.2. The topological polar surface area (TPSA) is 43.7 Å². The molecule has 1 aromatic carbocycles. The third-order valence-electron chi connectivity index (χ3n) is 4.17. The summed E-state index contributed by atoms with van der Waals surface area (Å²) in [6, 6.07) is 3.77. The second-order valence-electron chi connectivity index (χ2n) is 5.55. The van der Waals surface area contributed by atoms with Gasteiger partial charge in [-0.25, -0.2) is 0 Å². The largest absolute Gasteiger partial charge is 0.508 e. The average Bonchev–Trinajstić information content (AvgIpc) is 2.83. The van der Waals surface area contributed by atoms with Crippen LogP contribution < -0.4 is 0 Å². The highest BCUT2D eigenvalue weighted by molar-refractivity contribution is 5.48. The first-order valence-electron chi connectivity index (χ1n) is 6.41. The quantitative estimate of drug-likeness (QED) is 0.778. The fourth-order valence-corrected chi connectivity index (χ4v) is 3.24. The molecule has 3 rings (SSSR count). The first-order chi connectivity index (χ1) is 8.13. The third kappa shape index (κ3) is 1.89. The Morgan fingerprint density at radius 2 is 2.06 bits per heavy atom. The average molecular weight is 233 g/mol. The molecule has 2 N–H and O–H groups in total. The molecule has 0 aromatic heterocycles. The lowest BCUT2D eigenvalue weighted by Gasteiger charge is -2.23. The van der Waals surface area contributed by atoms with Crippen molar-refractivity contribution in [3.05, 3.63) is 23.3 Å². The van der Waals surface area contributed by atoms with Gasteiger partial charge >= 0.3 is 0 Å². The summed E-state index contributed by atoms with van der Waals surface area (Å²) in [6.07, 6.45) is 3.17. The smallest absolute Gasteiger partial charge is 0.122 e. The summed E-state index contributed by atoms with van der Waals surface area (Å²) in [4.78, 5) is 2.53. The maximum absolute atomic E-state index is 9.85. The van der Waals surface area contributed by atoms with Gasteiger partial charge in [0.25, 0.3) is 0 Å². The van der Waals surface area contributed by atoms with Gasteiger partial charge in [0.05, 0.1) is 0 Å². The Morgan fingerprint density at radius 1 is 1.24 bits per heavy atom. The van der Waals surface area contributed by atoms with Crippen LogP contribution in [-0.4, -0.2) is 34.2 Å². The standard InChI is InChI=1S/C14H19NO2/c1-9-2-3-15(8-9)11-4-10-5-12(16)7-14(17)13(10)6-11/h5,7,9,11,16-17H,2-4,6,8H2,1H3. The molecule has 1 aliphatic heterocycles. The van der Waals surface area contributed by atoms with Crippen LogP contribution in [0.4, 0.5) is 0 Å². The number of rotatable bonds is 1. The zero-order chi connectivity index (χ0) is 12.0. The highest BCUT2D eigenvalue weighted by Crippen LogP contribution is 2.36. The van der Waals surface area contributed by atoms with Crippen molar-refractivity contribution in [2.24, 2.45) is 5.92 Å². The van der Waals surface area contributed by atoms with Crippen molar-refractivity contribution >= 4 is 0 Å². The maximum atomic E-state index is 9.85. The molecule has 0 amide bonds. The molecule has 17 heavy (non-hydrogen) atoms. The van der Waals surface area contributed by atoms with E-state index in [1.54, 1.807) is 6.07 Å². The summed E-state index contributed by atoms with van der Waals surface area (Å²) < 4.78 is 0. The van der Waals surface area contributed by atoms with E-state index in [9.17, 15) is 10.2 Å². The van der Waals surface area contributed by atoms with E-state index >= 15 is 0 Å². The first-order valence-corrected chi connectivity index (χ1v) is 6.41. The van der Waals surface area contributed by atoms with Crippen molar-refractivity contribution in [2.45, 2.75) is 32.2 Å². The molecule has 2 aliphatic rings. The van der Waals surface area contributed by atoms with Crippen molar-refractivity contribution in [2.75, 3.05) is 13.1 Å². The van der Waals surface area contributed by atoms with E-state index in [4.69, 9.17) is 0 Å². The minimum Gasteiger partial charge on any atom is -0.508 e. The van der Waals surface area contributed by atoms with E-state index < -0.39 is 0 Å². The number of phenols is 2. The van der Waals surface area contributed by atoms with Crippen LogP contribution in [0.15, 0.2) is 12.1 Å². The number of benzene rings is 1. The Balaban J connectivity index is 1.81. The number of fused-ring (bicyclic) bond motifs is 1. The SMILES string of the molecule is CC1CCN(C2Cc3cc(O)cc(O)c3C2)C1. The van der Waals surface area contributed by atoms with E-state index in [0.29, 0.717) is 6.04 Å². The molecule has 2 unspecified atom stereocenters. The summed E-state index contributed by atoms with van der Waals surface area (Å²) in [5.41, 5.74) is 2.15. The van der Waals surface area contributed by atoms with Crippen molar-refractivity contribution in [1.29, 1.82) is 0 Å². The predicted molar refractivity (Wildman–Crippen MR) is 66.3 cm³/mol. The van der Waals surface area contributed by atoms with Gasteiger partial charge in [0.2, 0.25) is 0 Å². The molecule has 3 heteroatoms. The summed E-state index contributed by atoms with van der Waals surface area (Å²) in [7, 11) is 0. The normalized spacial score (nSPS) is 28.5. The van der Waals surface area contributed by atoms with Crippen molar-refractivity contribution < 1.29 is 10.2 Å². The first kappa shape index (κ1) is 10.9. The molecule has 1 saturated heterocycles. The molecule has 0 radical (unpaired) electrons. The fraction of sp³-hybridized carbons (Fsp3) is 0.571. The Bertz CT molecular complexity index is 444. The van der Waals surface area contributed by atoms with Gasteiger partial charge in [0.15, 0.2) is 0 Å². The molecule has 1 heterocycles. The monoisotopic (exact) mass is 233 g/mol. The van der Waals surface area contributed by atoms with Crippen molar-refractivity contribution in [3.63, 3.8) is 0 Å². The number of hydrogen-bond acceptors (Lipinski definition) is 3. The second kappa shape index (κ2) is 3.91. The molecule has 1 aromatic rings. The second-order valence-corrected chi connectivity index (χ2v) is 5.55. The number of aromatic hydroxyl groups is 2. The molecule has 1 aliphatic carbocycles. The summed E-state index contributed by atoms with van der Waals surface area (Å²) in [5.74, 6) is 1.23. The van der Waals surface area contributed by atoms with Gasteiger partial charge in [-0.15, -0.1) is 0 Å². The van der Waals surface area contributed by atoms with Gasteiger partial charge in [-0.1, -0.05) is 6.92 Å². The molecule has 0 saturated carbocycles. The molecule has 1 fully saturated rings. The van der Waals surface area contributed by atoms with E-state index in [-0.39, 0.29) is 11.5 Å². The summed E-state index contributed by atoms with van der Waals surface area (Å²) in [5, 5.41) is 19.3. The summed E-state index contributed by atoms with van der Waals surface area (Å²) in [6.45, 7) is 4.64. The lowest BCUT2D eigenvalue weighted by atomic mass is 10.1. The van der Waals surface area contributed by atoms with E-state index in [1.807, 2.05) is 0 Å². The molecule has 92 valence electrons. The Hall–Kier alpha value is -1.22. The van der Waals surface area contributed by atoms with Gasteiger partial charge in [0, 0.05) is 18.7 Å². The minimum atomic E-state index is 0.177. The van der Waals surface area contributed by atoms with E-state index in [0.717, 1.165) is 29.9 Å². The van der Waals surface area contributed by atoms with Crippen LogP contribution in [0.3, 0.4) is 0 Å². The third-order valence-corrected chi connectivity index (χ3v) is 4.17. The number of hydrogen-bond donors (Lipinski definition) is 2. The molecule has 0 spiro atoms. The van der Waals surface area contributed by atoms with Gasteiger partial charge in [-0.2, -0.15) is 0 Å². The zero-order valence-corrected chi connectivity index (χ0v) is 10.2. The highest BCUT2D eigenvalue weighted by Gasteiger charge is 2.32. The Labute approximate surface area is 102 Å². The number of phenolic OH excluding ortho intramolecular Hbond substituents is 2. The van der Waals surface area contributed by atoms with Crippen LogP contribution in [0.5, 0.6) is 11.5 Å². The van der Waals surface area contributed by atoms with Gasteiger partial charge in [-0.3, -0.25) is 4.90 Å². The maximum Gasteiger partial charge on any atom is 0.122 e. The predicted octanol–water partition coefficient (Wildman–Crippen LogP) is 1.91. The summed E-state index contributed by atoms with van der Waals surface area (Å²) >= 11 is 0. The van der Waals surface area contributed by atoms with E-state index in [1.165, 1.54) is 25.6 Å². The minimum absolute atomic E-state index is 0.177. The Kier molecular flexibility index (Phi) is 2.51. The van der Waals surface area contributed by atoms with Crippen molar-refractivity contribution in [1.82, 2.24) is 4.90 Å². The number of likely N-dealkylation sites (tertiary alicyclic amines) is 1. The lowest BCUT2D eigenvalue weighted by molar-refractivity contribution is 0.242. The van der Waals surface area contributed by atoms with Crippen LogP contribution in [0.2, 0.25) is 0 Å². The van der Waals surface area contributed by atoms with Crippen molar-refractivity contribution in [3.8, 4) is 11.5 Å². The molecule has 2 atom stereocenters. The Morgan fingerprint density at radius 3 is 2.76 bits per heavy atom.